The van der Waals surface area contributed by atoms with Gasteiger partial charge in [0.05, 0.1) is 31.5 Å². The number of amides is 1. The van der Waals surface area contributed by atoms with Crippen molar-refractivity contribution in [3.63, 3.8) is 0 Å². The summed E-state index contributed by atoms with van der Waals surface area (Å²) < 4.78 is 46.1. The molecule has 0 radical (unpaired) electrons. The van der Waals surface area contributed by atoms with Crippen LogP contribution in [0.15, 0.2) is 30.3 Å². The summed E-state index contributed by atoms with van der Waals surface area (Å²) >= 11 is 0. The topological polar surface area (TPSA) is 73.9 Å². The van der Waals surface area contributed by atoms with Crippen LogP contribution >= 0.6 is 0 Å². The summed E-state index contributed by atoms with van der Waals surface area (Å²) in [6.45, 7) is 6.31. The molecule has 0 spiro atoms. The Kier molecular flexibility index (Phi) is 8.10. The van der Waals surface area contributed by atoms with E-state index in [-0.39, 0.29) is 19.1 Å². The summed E-state index contributed by atoms with van der Waals surface area (Å²) in [6, 6.07) is 8.07. The molecular weight excluding hydrogens is 384 g/mol. The molecule has 8 heteroatoms. The second-order valence-corrected chi connectivity index (χ2v) is 7.19. The summed E-state index contributed by atoms with van der Waals surface area (Å²) in [5.74, 6) is -6.41. The third kappa shape index (κ3) is 5.51. The molecule has 1 aliphatic rings. The summed E-state index contributed by atoms with van der Waals surface area (Å²) in [7, 11) is 0. The number of carbonyl (C=O) groups is 2. The Balaban J connectivity index is 2.35. The van der Waals surface area contributed by atoms with Crippen LogP contribution in [0.4, 0.5) is 8.78 Å². The lowest BCUT2D eigenvalue weighted by Gasteiger charge is -2.47. The number of esters is 1. The SMILES string of the molecule is CCOC(=O)C(F)(F)[C@H]1O[C@H](CC)[C@H](C)[C@H](OCc2ccccc2)[C@H]1NC(C)=O. The van der Waals surface area contributed by atoms with Gasteiger partial charge in [0.25, 0.3) is 0 Å². The van der Waals surface area contributed by atoms with E-state index in [2.05, 4.69) is 10.1 Å². The lowest BCUT2D eigenvalue weighted by atomic mass is 9.83. The Labute approximate surface area is 169 Å². The number of carbonyl (C=O) groups excluding carboxylic acids is 2. The quantitative estimate of drug-likeness (QED) is 0.663. The Morgan fingerprint density at radius 2 is 1.86 bits per heavy atom. The minimum absolute atomic E-state index is 0.181. The van der Waals surface area contributed by atoms with E-state index >= 15 is 0 Å². The predicted molar refractivity (Wildman–Crippen MR) is 102 cm³/mol. The van der Waals surface area contributed by atoms with E-state index < -0.39 is 42.2 Å². The molecule has 1 heterocycles. The number of hydrogen-bond donors (Lipinski definition) is 1. The van der Waals surface area contributed by atoms with Gasteiger partial charge in [-0.05, 0) is 18.9 Å². The Hall–Kier alpha value is -2.06. The molecule has 1 fully saturated rings. The molecule has 6 nitrogen and oxygen atoms in total. The molecule has 0 saturated carbocycles. The van der Waals surface area contributed by atoms with Gasteiger partial charge in [-0.3, -0.25) is 4.79 Å². The molecule has 0 unspecified atom stereocenters. The van der Waals surface area contributed by atoms with Crippen molar-refractivity contribution in [1.82, 2.24) is 5.32 Å². The van der Waals surface area contributed by atoms with Gasteiger partial charge in [-0.25, -0.2) is 4.79 Å². The molecule has 29 heavy (non-hydrogen) atoms. The van der Waals surface area contributed by atoms with Crippen molar-refractivity contribution in [2.24, 2.45) is 5.92 Å². The number of benzene rings is 1. The largest absolute Gasteiger partial charge is 0.461 e. The minimum atomic E-state index is -3.94. The van der Waals surface area contributed by atoms with Gasteiger partial charge in [0.2, 0.25) is 5.91 Å². The highest BCUT2D eigenvalue weighted by atomic mass is 19.3. The number of ether oxygens (including phenoxy) is 3. The standard InChI is InChI=1S/C21H29F2NO5/c1-5-16-13(3)18(28-12-15-10-8-7-9-11-15)17(24-14(4)25)19(29-16)21(22,23)20(26)27-6-2/h7-11,13,16-19H,5-6,12H2,1-4H3,(H,24,25)/t13-,16+,17+,18-,19-/m0/s1. The van der Waals surface area contributed by atoms with E-state index in [1.807, 2.05) is 44.2 Å². The van der Waals surface area contributed by atoms with E-state index in [1.54, 1.807) is 0 Å². The van der Waals surface area contributed by atoms with Crippen molar-refractivity contribution in [2.45, 2.75) is 71.0 Å². The zero-order chi connectivity index (χ0) is 21.6. The summed E-state index contributed by atoms with van der Waals surface area (Å²) in [5.41, 5.74) is 0.870. The molecule has 1 aromatic carbocycles. The molecule has 1 saturated heterocycles. The first-order valence-electron chi connectivity index (χ1n) is 9.85. The van der Waals surface area contributed by atoms with Crippen LogP contribution in [0.1, 0.15) is 39.7 Å². The molecule has 0 bridgehead atoms. The number of nitrogens with one attached hydrogen (secondary N) is 1. The normalized spacial score (nSPS) is 27.3. The zero-order valence-corrected chi connectivity index (χ0v) is 17.2. The maximum atomic E-state index is 15.0. The molecule has 2 rings (SSSR count). The second-order valence-electron chi connectivity index (χ2n) is 7.19. The Bertz CT molecular complexity index is 685. The average Bonchev–Trinajstić information content (AvgIpc) is 2.68. The van der Waals surface area contributed by atoms with Crippen LogP contribution in [0.3, 0.4) is 0 Å². The second kappa shape index (κ2) is 10.1. The first-order valence-corrected chi connectivity index (χ1v) is 9.85. The van der Waals surface area contributed by atoms with Crippen molar-refractivity contribution >= 4 is 11.9 Å². The highest BCUT2D eigenvalue weighted by Gasteiger charge is 2.59. The van der Waals surface area contributed by atoms with E-state index in [9.17, 15) is 18.4 Å². The third-order valence-corrected chi connectivity index (χ3v) is 5.07. The third-order valence-electron chi connectivity index (χ3n) is 5.07. The average molecular weight is 413 g/mol. The monoisotopic (exact) mass is 413 g/mol. The first kappa shape index (κ1) is 23.2. The number of halogens is 2. The molecule has 1 amide bonds. The van der Waals surface area contributed by atoms with Crippen LogP contribution in [0, 0.1) is 5.92 Å². The smallest absolute Gasteiger partial charge is 0.379 e. The highest BCUT2D eigenvalue weighted by molar-refractivity contribution is 5.79. The van der Waals surface area contributed by atoms with E-state index in [0.29, 0.717) is 6.42 Å². The zero-order valence-electron chi connectivity index (χ0n) is 17.2. The Morgan fingerprint density at radius 1 is 1.21 bits per heavy atom. The fraction of sp³-hybridized carbons (Fsp3) is 0.619. The lowest BCUT2D eigenvalue weighted by molar-refractivity contribution is -0.244. The van der Waals surface area contributed by atoms with Crippen molar-refractivity contribution in [3.8, 4) is 0 Å². The van der Waals surface area contributed by atoms with Crippen LogP contribution in [0.5, 0.6) is 0 Å². The van der Waals surface area contributed by atoms with Crippen LogP contribution in [0.2, 0.25) is 0 Å². The van der Waals surface area contributed by atoms with Gasteiger partial charge in [-0.15, -0.1) is 0 Å². The molecular formula is C21H29F2NO5. The van der Waals surface area contributed by atoms with Gasteiger partial charge in [-0.2, -0.15) is 8.78 Å². The van der Waals surface area contributed by atoms with Gasteiger partial charge < -0.3 is 19.5 Å². The van der Waals surface area contributed by atoms with Gasteiger partial charge in [0, 0.05) is 12.8 Å². The van der Waals surface area contributed by atoms with Gasteiger partial charge in [0.15, 0.2) is 6.10 Å². The fourth-order valence-corrected chi connectivity index (χ4v) is 3.64. The van der Waals surface area contributed by atoms with E-state index in [4.69, 9.17) is 9.47 Å². The number of hydrogen-bond acceptors (Lipinski definition) is 5. The number of rotatable bonds is 8. The molecule has 1 aromatic rings. The van der Waals surface area contributed by atoms with E-state index in [1.165, 1.54) is 13.8 Å². The van der Waals surface area contributed by atoms with Crippen LogP contribution < -0.4 is 5.32 Å². The van der Waals surface area contributed by atoms with Crippen molar-refractivity contribution < 1.29 is 32.6 Å². The van der Waals surface area contributed by atoms with Crippen LogP contribution in [-0.2, 0) is 30.4 Å². The Morgan fingerprint density at radius 3 is 2.41 bits per heavy atom. The lowest BCUT2D eigenvalue weighted by Crippen LogP contribution is -2.67. The summed E-state index contributed by atoms with van der Waals surface area (Å²) in [6.07, 6.45) is -2.78. The maximum Gasteiger partial charge on any atom is 0.379 e. The predicted octanol–water partition coefficient (Wildman–Crippen LogP) is 3.09. The van der Waals surface area contributed by atoms with Crippen molar-refractivity contribution in [3.05, 3.63) is 35.9 Å². The molecule has 162 valence electrons. The summed E-state index contributed by atoms with van der Waals surface area (Å²) in [4.78, 5) is 23.7. The molecule has 1 aliphatic heterocycles. The van der Waals surface area contributed by atoms with Crippen molar-refractivity contribution in [1.29, 1.82) is 0 Å². The number of alkyl halides is 2. The van der Waals surface area contributed by atoms with E-state index in [0.717, 1.165) is 5.56 Å². The first-order chi connectivity index (χ1) is 13.7. The molecule has 5 atom stereocenters. The fourth-order valence-electron chi connectivity index (χ4n) is 3.64. The molecule has 0 aromatic heterocycles. The van der Waals surface area contributed by atoms with Crippen molar-refractivity contribution in [2.75, 3.05) is 6.61 Å². The van der Waals surface area contributed by atoms with Gasteiger partial charge in [-0.1, -0.05) is 44.2 Å². The molecule has 0 aliphatic carbocycles. The minimum Gasteiger partial charge on any atom is -0.461 e. The van der Waals surface area contributed by atoms with Crippen LogP contribution in [-0.4, -0.2) is 48.8 Å². The molecule has 1 N–H and O–H groups in total. The van der Waals surface area contributed by atoms with Crippen LogP contribution in [0.25, 0.3) is 0 Å². The maximum absolute atomic E-state index is 15.0. The highest BCUT2D eigenvalue weighted by Crippen LogP contribution is 2.38. The van der Waals surface area contributed by atoms with Gasteiger partial charge >= 0.3 is 11.9 Å². The summed E-state index contributed by atoms with van der Waals surface area (Å²) in [5, 5.41) is 2.52. The van der Waals surface area contributed by atoms with Gasteiger partial charge in [0.1, 0.15) is 0 Å².